The molecule has 96 valence electrons. The number of nitrogens with two attached hydrogens (primary N) is 1. The zero-order valence-electron chi connectivity index (χ0n) is 10.1. The van der Waals surface area contributed by atoms with Crippen LogP contribution in [0.1, 0.15) is 12.8 Å². The number of carbonyl (C=O) groups is 1. The van der Waals surface area contributed by atoms with E-state index in [0.29, 0.717) is 12.2 Å². The number of thioether (sulfide) groups is 1. The molecule has 1 unspecified atom stereocenters. The molecule has 0 bridgehead atoms. The zero-order chi connectivity index (χ0) is 12.6. The number of hydrogen-bond acceptors (Lipinski definition) is 4. The number of carbonyl (C=O) groups excluding carboxylic acids is 1. The van der Waals surface area contributed by atoms with Crippen molar-refractivity contribution < 1.29 is 9.53 Å². The van der Waals surface area contributed by atoms with Gasteiger partial charge in [-0.25, -0.2) is 4.79 Å². The first-order valence-corrected chi connectivity index (χ1v) is 7.28. The lowest BCUT2D eigenvalue weighted by atomic mass is 10.00. The van der Waals surface area contributed by atoms with Crippen LogP contribution in [0, 0.1) is 0 Å². The molecule has 5 heteroatoms. The Morgan fingerprint density at radius 3 is 2.94 bits per heavy atom. The van der Waals surface area contributed by atoms with Crippen molar-refractivity contribution >= 4 is 29.2 Å². The molecule has 2 aliphatic heterocycles. The summed E-state index contributed by atoms with van der Waals surface area (Å²) in [6.07, 6.45) is 1.79. The molecule has 0 saturated carbocycles. The van der Waals surface area contributed by atoms with Crippen LogP contribution in [0.3, 0.4) is 0 Å². The predicted molar refractivity (Wildman–Crippen MR) is 74.0 cm³/mol. The van der Waals surface area contributed by atoms with E-state index in [1.165, 1.54) is 0 Å². The molecule has 0 aromatic heterocycles. The fraction of sp³-hybridized carbons (Fsp3) is 0.462. The van der Waals surface area contributed by atoms with Crippen LogP contribution < -0.4 is 10.6 Å². The Labute approximate surface area is 110 Å². The van der Waals surface area contributed by atoms with Crippen molar-refractivity contribution in [3.05, 3.63) is 24.3 Å². The number of nitrogens with zero attached hydrogens (tertiary/aromatic N) is 1. The Bertz CT molecular complexity index is 472. The van der Waals surface area contributed by atoms with Crippen LogP contribution in [0.25, 0.3) is 0 Å². The SMILES string of the molecule is Nc1ccccc1N1CC2(CCCSC2)OC1=O. The Kier molecular flexibility index (Phi) is 2.86. The normalized spacial score (nSPS) is 27.6. The molecule has 2 saturated heterocycles. The molecule has 0 aliphatic carbocycles. The molecule has 1 aromatic rings. The minimum absolute atomic E-state index is 0.268. The first-order chi connectivity index (χ1) is 8.70. The molecule has 2 aliphatic rings. The van der Waals surface area contributed by atoms with Gasteiger partial charge in [0.05, 0.1) is 17.9 Å². The van der Waals surface area contributed by atoms with E-state index in [1.54, 1.807) is 4.90 Å². The number of anilines is 2. The maximum absolute atomic E-state index is 12.0. The van der Waals surface area contributed by atoms with Gasteiger partial charge in [-0.3, -0.25) is 4.90 Å². The van der Waals surface area contributed by atoms with Crippen molar-refractivity contribution in [3.63, 3.8) is 0 Å². The van der Waals surface area contributed by atoms with E-state index in [9.17, 15) is 4.79 Å². The molecule has 1 atom stereocenters. The monoisotopic (exact) mass is 264 g/mol. The molecule has 2 heterocycles. The van der Waals surface area contributed by atoms with E-state index >= 15 is 0 Å². The van der Waals surface area contributed by atoms with Gasteiger partial charge in [-0.1, -0.05) is 12.1 Å². The van der Waals surface area contributed by atoms with Gasteiger partial charge in [0.1, 0.15) is 5.60 Å². The smallest absolute Gasteiger partial charge is 0.415 e. The van der Waals surface area contributed by atoms with Gasteiger partial charge in [-0.05, 0) is 30.7 Å². The lowest BCUT2D eigenvalue weighted by Gasteiger charge is -2.30. The lowest BCUT2D eigenvalue weighted by molar-refractivity contribution is 0.0664. The number of amides is 1. The minimum Gasteiger partial charge on any atom is -0.440 e. The van der Waals surface area contributed by atoms with E-state index in [2.05, 4.69) is 0 Å². The summed E-state index contributed by atoms with van der Waals surface area (Å²) in [6.45, 7) is 0.618. The van der Waals surface area contributed by atoms with E-state index in [0.717, 1.165) is 30.0 Å². The summed E-state index contributed by atoms with van der Waals surface area (Å²) in [4.78, 5) is 13.7. The molecule has 3 rings (SSSR count). The maximum Gasteiger partial charge on any atom is 0.415 e. The molecule has 2 N–H and O–H groups in total. The number of para-hydroxylation sites is 2. The van der Waals surface area contributed by atoms with Gasteiger partial charge >= 0.3 is 6.09 Å². The summed E-state index contributed by atoms with van der Waals surface area (Å²) in [5.74, 6) is 2.05. The summed E-state index contributed by atoms with van der Waals surface area (Å²) in [5, 5.41) is 0. The fourth-order valence-electron chi connectivity index (χ4n) is 2.57. The topological polar surface area (TPSA) is 55.6 Å². The van der Waals surface area contributed by atoms with E-state index in [-0.39, 0.29) is 11.7 Å². The van der Waals surface area contributed by atoms with Crippen LogP contribution in [0.4, 0.5) is 16.2 Å². The standard InChI is InChI=1S/C13H16N2O2S/c14-10-4-1-2-5-11(10)15-8-13(17-12(15)16)6-3-7-18-9-13/h1-2,4-5H,3,6-9,14H2. The third-order valence-electron chi connectivity index (χ3n) is 3.48. The van der Waals surface area contributed by atoms with Crippen LogP contribution in [0.5, 0.6) is 0 Å². The van der Waals surface area contributed by atoms with Crippen LogP contribution in [-0.2, 0) is 4.74 Å². The number of ether oxygens (including phenoxy) is 1. The largest absolute Gasteiger partial charge is 0.440 e. The predicted octanol–water partition coefficient (Wildman–Crippen LogP) is 2.49. The third-order valence-corrected chi connectivity index (χ3v) is 4.79. The van der Waals surface area contributed by atoms with Gasteiger partial charge in [0, 0.05) is 5.75 Å². The van der Waals surface area contributed by atoms with Crippen molar-refractivity contribution in [2.24, 2.45) is 0 Å². The van der Waals surface area contributed by atoms with Gasteiger partial charge < -0.3 is 10.5 Å². The molecular formula is C13H16N2O2S. The minimum atomic E-state index is -0.303. The highest BCUT2D eigenvalue weighted by atomic mass is 32.2. The second-order valence-electron chi connectivity index (χ2n) is 4.85. The second kappa shape index (κ2) is 4.39. The fourth-order valence-corrected chi connectivity index (χ4v) is 3.73. The first kappa shape index (κ1) is 11.7. The summed E-state index contributed by atoms with van der Waals surface area (Å²) in [5.41, 5.74) is 7.00. The molecule has 4 nitrogen and oxygen atoms in total. The molecule has 18 heavy (non-hydrogen) atoms. The highest BCUT2D eigenvalue weighted by Crippen LogP contribution is 2.38. The van der Waals surface area contributed by atoms with Gasteiger partial charge in [0.2, 0.25) is 0 Å². The summed E-state index contributed by atoms with van der Waals surface area (Å²) >= 11 is 1.86. The quantitative estimate of drug-likeness (QED) is 0.792. The van der Waals surface area contributed by atoms with Crippen LogP contribution in [-0.4, -0.2) is 29.7 Å². The van der Waals surface area contributed by atoms with Crippen molar-refractivity contribution in [1.82, 2.24) is 0 Å². The van der Waals surface area contributed by atoms with Crippen molar-refractivity contribution in [2.45, 2.75) is 18.4 Å². The summed E-state index contributed by atoms with van der Waals surface area (Å²) < 4.78 is 5.62. The van der Waals surface area contributed by atoms with Gasteiger partial charge in [0.15, 0.2) is 0 Å². The first-order valence-electron chi connectivity index (χ1n) is 6.13. The molecular weight excluding hydrogens is 248 g/mol. The summed E-state index contributed by atoms with van der Waals surface area (Å²) in [7, 11) is 0. The number of rotatable bonds is 1. The van der Waals surface area contributed by atoms with Gasteiger partial charge in [-0.2, -0.15) is 11.8 Å². The Balaban J connectivity index is 1.87. The van der Waals surface area contributed by atoms with Crippen LogP contribution in [0.2, 0.25) is 0 Å². The van der Waals surface area contributed by atoms with Gasteiger partial charge in [0.25, 0.3) is 0 Å². The Hall–Kier alpha value is -1.36. The average Bonchev–Trinajstić information content (AvgIpc) is 2.67. The van der Waals surface area contributed by atoms with E-state index in [1.807, 2.05) is 36.0 Å². The van der Waals surface area contributed by atoms with Crippen molar-refractivity contribution in [2.75, 3.05) is 28.7 Å². The molecule has 1 aromatic carbocycles. The summed E-state index contributed by atoms with van der Waals surface area (Å²) in [6, 6.07) is 7.43. The van der Waals surface area contributed by atoms with Crippen LogP contribution in [0.15, 0.2) is 24.3 Å². The maximum atomic E-state index is 12.0. The van der Waals surface area contributed by atoms with Crippen LogP contribution >= 0.6 is 11.8 Å². The third kappa shape index (κ3) is 1.92. The molecule has 1 amide bonds. The Morgan fingerprint density at radius 1 is 1.39 bits per heavy atom. The van der Waals surface area contributed by atoms with E-state index in [4.69, 9.17) is 10.5 Å². The van der Waals surface area contributed by atoms with Crippen molar-refractivity contribution in [3.8, 4) is 0 Å². The highest BCUT2D eigenvalue weighted by molar-refractivity contribution is 7.99. The van der Waals surface area contributed by atoms with E-state index < -0.39 is 0 Å². The van der Waals surface area contributed by atoms with Crippen molar-refractivity contribution in [1.29, 1.82) is 0 Å². The molecule has 0 radical (unpaired) electrons. The Morgan fingerprint density at radius 2 is 2.22 bits per heavy atom. The second-order valence-corrected chi connectivity index (χ2v) is 5.96. The van der Waals surface area contributed by atoms with Gasteiger partial charge in [-0.15, -0.1) is 0 Å². The number of benzene rings is 1. The molecule has 1 spiro atoms. The highest BCUT2D eigenvalue weighted by Gasteiger charge is 2.46. The average molecular weight is 264 g/mol. The number of nitrogen functional groups attached to an aromatic ring is 1. The molecule has 2 fully saturated rings. The number of hydrogen-bond donors (Lipinski definition) is 1. The lowest BCUT2D eigenvalue weighted by Crippen LogP contribution is -2.39. The zero-order valence-corrected chi connectivity index (χ0v) is 10.9.